The van der Waals surface area contributed by atoms with Gasteiger partial charge in [-0.3, -0.25) is 4.98 Å². The Hall–Kier alpha value is -0.723. The molecule has 2 aromatic rings. The number of hydrogen-bond acceptors (Lipinski definition) is 3. The second-order valence-corrected chi connectivity index (χ2v) is 12.4. The van der Waals surface area contributed by atoms with Gasteiger partial charge in [-0.05, 0) is 35.0 Å². The fourth-order valence-electron chi connectivity index (χ4n) is 1.77. The molecule has 104 valence electrons. The van der Waals surface area contributed by atoms with E-state index in [1.807, 2.05) is 23.9 Å². The third-order valence-corrected chi connectivity index (χ3v) is 5.23. The van der Waals surface area contributed by atoms with Crippen LogP contribution < -0.4 is 0 Å². The van der Waals surface area contributed by atoms with Gasteiger partial charge in [0.1, 0.15) is 11.3 Å². The summed E-state index contributed by atoms with van der Waals surface area (Å²) in [7, 11) is -1.03. The molecular weight excluding hydrogens is 322 g/mol. The Bertz CT molecular complexity index is 577. The van der Waals surface area contributed by atoms with E-state index in [9.17, 15) is 0 Å². The number of aryl methyl sites for hydroxylation is 1. The molecule has 4 nitrogen and oxygen atoms in total. The molecule has 0 amide bonds. The molecule has 0 aliphatic rings. The number of rotatable bonds is 5. The standard InChI is InChI=1S/C13H20BrN3OSi/c1-10-7-11-12(8-15-10)17(16-13(11)14)9-18-5-6-19(2,3)4/h7-8H,5-6,9H2,1-4H3. The van der Waals surface area contributed by atoms with E-state index in [0.717, 1.165) is 27.8 Å². The summed E-state index contributed by atoms with van der Waals surface area (Å²) in [4.78, 5) is 4.32. The van der Waals surface area contributed by atoms with Gasteiger partial charge in [-0.15, -0.1) is 0 Å². The highest BCUT2D eigenvalue weighted by molar-refractivity contribution is 9.10. The quantitative estimate of drug-likeness (QED) is 0.613. The highest BCUT2D eigenvalue weighted by Gasteiger charge is 2.13. The van der Waals surface area contributed by atoms with Crippen molar-refractivity contribution in [2.45, 2.75) is 39.3 Å². The molecule has 0 bridgehead atoms. The number of nitrogens with zero attached hydrogens (tertiary/aromatic N) is 3. The minimum atomic E-state index is -1.03. The number of halogens is 1. The van der Waals surface area contributed by atoms with E-state index in [4.69, 9.17) is 4.74 Å². The SMILES string of the molecule is Cc1cc2c(Br)nn(COCC[Si](C)(C)C)c2cn1. The zero-order chi connectivity index (χ0) is 14.0. The molecular formula is C13H20BrN3OSi. The Balaban J connectivity index is 2.05. The summed E-state index contributed by atoms with van der Waals surface area (Å²) < 4.78 is 8.44. The molecule has 0 fully saturated rings. The molecule has 0 radical (unpaired) electrons. The first-order chi connectivity index (χ1) is 8.87. The van der Waals surface area contributed by atoms with Crippen LogP contribution in [0.25, 0.3) is 10.9 Å². The van der Waals surface area contributed by atoms with Crippen molar-refractivity contribution >= 4 is 34.9 Å². The Morgan fingerprint density at radius 3 is 2.79 bits per heavy atom. The normalized spacial score (nSPS) is 12.3. The van der Waals surface area contributed by atoms with Crippen molar-refractivity contribution in [1.29, 1.82) is 0 Å². The van der Waals surface area contributed by atoms with Gasteiger partial charge in [-0.2, -0.15) is 5.10 Å². The molecule has 0 atom stereocenters. The fraction of sp³-hybridized carbons (Fsp3) is 0.538. The van der Waals surface area contributed by atoms with Gasteiger partial charge in [-0.1, -0.05) is 19.6 Å². The van der Waals surface area contributed by atoms with Crippen LogP contribution in [0.5, 0.6) is 0 Å². The monoisotopic (exact) mass is 341 g/mol. The number of aromatic nitrogens is 3. The first kappa shape index (κ1) is 14.7. The fourth-order valence-corrected chi connectivity index (χ4v) is 3.03. The number of pyridine rings is 1. The van der Waals surface area contributed by atoms with Crippen molar-refractivity contribution < 1.29 is 4.74 Å². The molecule has 0 aromatic carbocycles. The van der Waals surface area contributed by atoms with Crippen LogP contribution in [0.15, 0.2) is 16.9 Å². The zero-order valence-electron chi connectivity index (χ0n) is 11.9. The molecule has 2 rings (SSSR count). The van der Waals surface area contributed by atoms with Gasteiger partial charge in [0.2, 0.25) is 0 Å². The summed E-state index contributed by atoms with van der Waals surface area (Å²) in [6, 6.07) is 3.20. The summed E-state index contributed by atoms with van der Waals surface area (Å²) in [6.07, 6.45) is 1.85. The smallest absolute Gasteiger partial charge is 0.140 e. The molecule has 0 spiro atoms. The summed E-state index contributed by atoms with van der Waals surface area (Å²) in [6.45, 7) is 10.3. The molecule has 0 N–H and O–H groups in total. The van der Waals surface area contributed by atoms with Gasteiger partial charge in [0.25, 0.3) is 0 Å². The van der Waals surface area contributed by atoms with Gasteiger partial charge in [0.15, 0.2) is 0 Å². The van der Waals surface area contributed by atoms with Crippen molar-refractivity contribution in [3.63, 3.8) is 0 Å². The van der Waals surface area contributed by atoms with Gasteiger partial charge >= 0.3 is 0 Å². The van der Waals surface area contributed by atoms with Crippen molar-refractivity contribution in [1.82, 2.24) is 14.8 Å². The van der Waals surface area contributed by atoms with Crippen LogP contribution in [0, 0.1) is 6.92 Å². The van der Waals surface area contributed by atoms with E-state index >= 15 is 0 Å². The maximum atomic E-state index is 5.73. The summed E-state index contributed by atoms with van der Waals surface area (Å²) in [5.74, 6) is 0. The van der Waals surface area contributed by atoms with Crippen molar-refractivity contribution in [3.8, 4) is 0 Å². The van der Waals surface area contributed by atoms with E-state index in [1.165, 1.54) is 6.04 Å². The lowest BCUT2D eigenvalue weighted by atomic mass is 10.3. The highest BCUT2D eigenvalue weighted by atomic mass is 79.9. The molecule has 2 aromatic heterocycles. The van der Waals surface area contributed by atoms with E-state index in [-0.39, 0.29) is 0 Å². The van der Waals surface area contributed by atoms with Crippen molar-refractivity contribution in [2.75, 3.05) is 6.61 Å². The van der Waals surface area contributed by atoms with Crippen LogP contribution in [0.4, 0.5) is 0 Å². The largest absolute Gasteiger partial charge is 0.360 e. The first-order valence-electron chi connectivity index (χ1n) is 6.43. The van der Waals surface area contributed by atoms with Crippen LogP contribution >= 0.6 is 15.9 Å². The number of ether oxygens (including phenoxy) is 1. The van der Waals surface area contributed by atoms with Crippen LogP contribution in [0.1, 0.15) is 5.69 Å². The maximum absolute atomic E-state index is 5.73. The van der Waals surface area contributed by atoms with Crippen molar-refractivity contribution in [2.24, 2.45) is 0 Å². The predicted octanol–water partition coefficient (Wildman–Crippen LogP) is 3.81. The molecule has 0 saturated heterocycles. The number of fused-ring (bicyclic) bond motifs is 1. The van der Waals surface area contributed by atoms with Crippen molar-refractivity contribution in [3.05, 3.63) is 22.6 Å². The number of hydrogen-bond donors (Lipinski definition) is 0. The minimum Gasteiger partial charge on any atom is -0.360 e. The lowest BCUT2D eigenvalue weighted by Gasteiger charge is -2.15. The Morgan fingerprint density at radius 1 is 1.37 bits per heavy atom. The van der Waals surface area contributed by atoms with E-state index < -0.39 is 8.07 Å². The van der Waals surface area contributed by atoms with Crippen LogP contribution in [0.2, 0.25) is 25.7 Å². The highest BCUT2D eigenvalue weighted by Crippen LogP contribution is 2.23. The molecule has 2 heterocycles. The molecule has 0 unspecified atom stereocenters. The van der Waals surface area contributed by atoms with Crippen LogP contribution in [-0.4, -0.2) is 29.4 Å². The van der Waals surface area contributed by atoms with Gasteiger partial charge in [0, 0.05) is 25.8 Å². The Labute approximate surface area is 123 Å². The van der Waals surface area contributed by atoms with Crippen LogP contribution in [0.3, 0.4) is 0 Å². The molecule has 6 heteroatoms. The Morgan fingerprint density at radius 2 is 2.11 bits per heavy atom. The van der Waals surface area contributed by atoms with E-state index in [2.05, 4.69) is 45.7 Å². The first-order valence-corrected chi connectivity index (χ1v) is 10.9. The second kappa shape index (κ2) is 5.72. The molecule has 0 aliphatic heterocycles. The van der Waals surface area contributed by atoms with Gasteiger partial charge in [-0.25, -0.2) is 4.68 Å². The minimum absolute atomic E-state index is 0.483. The topological polar surface area (TPSA) is 39.9 Å². The van der Waals surface area contributed by atoms with E-state index in [1.54, 1.807) is 0 Å². The lowest BCUT2D eigenvalue weighted by molar-refractivity contribution is 0.0814. The molecule has 19 heavy (non-hydrogen) atoms. The van der Waals surface area contributed by atoms with E-state index in [0.29, 0.717) is 6.73 Å². The summed E-state index contributed by atoms with van der Waals surface area (Å²) in [5, 5.41) is 5.53. The third kappa shape index (κ3) is 3.87. The molecule has 0 aliphatic carbocycles. The second-order valence-electron chi connectivity index (χ2n) is 5.98. The average molecular weight is 342 g/mol. The predicted molar refractivity (Wildman–Crippen MR) is 84.1 cm³/mol. The summed E-state index contributed by atoms with van der Waals surface area (Å²) >= 11 is 3.48. The third-order valence-electron chi connectivity index (χ3n) is 2.94. The Kier molecular flexibility index (Phi) is 4.42. The van der Waals surface area contributed by atoms with Gasteiger partial charge < -0.3 is 4.74 Å². The summed E-state index contributed by atoms with van der Waals surface area (Å²) in [5.41, 5.74) is 2.00. The van der Waals surface area contributed by atoms with Gasteiger partial charge in [0.05, 0.1) is 11.7 Å². The average Bonchev–Trinajstić information content (AvgIpc) is 2.60. The molecule has 0 saturated carbocycles. The maximum Gasteiger partial charge on any atom is 0.140 e. The lowest BCUT2D eigenvalue weighted by Crippen LogP contribution is -2.22. The zero-order valence-corrected chi connectivity index (χ0v) is 14.5. The van der Waals surface area contributed by atoms with Crippen LogP contribution in [-0.2, 0) is 11.5 Å².